The van der Waals surface area contributed by atoms with Gasteiger partial charge in [0.25, 0.3) is 5.91 Å². The summed E-state index contributed by atoms with van der Waals surface area (Å²) in [7, 11) is 0. The third-order valence-electron chi connectivity index (χ3n) is 3.34. The minimum absolute atomic E-state index is 0.240. The average molecular weight is 324 g/mol. The quantitative estimate of drug-likeness (QED) is 0.773. The second kappa shape index (κ2) is 6.91. The maximum atomic E-state index is 12.5. The van der Waals surface area contributed by atoms with Crippen molar-refractivity contribution < 1.29 is 14.1 Å². The van der Waals surface area contributed by atoms with Crippen molar-refractivity contribution in [1.29, 1.82) is 0 Å². The van der Waals surface area contributed by atoms with Gasteiger partial charge in [-0.15, -0.1) is 0 Å². The number of anilines is 1. The molecule has 0 spiro atoms. The van der Waals surface area contributed by atoms with Crippen LogP contribution in [0.15, 0.2) is 47.2 Å². The number of aryl methyl sites for hydroxylation is 2. The van der Waals surface area contributed by atoms with Gasteiger partial charge in [0.15, 0.2) is 0 Å². The summed E-state index contributed by atoms with van der Waals surface area (Å²) < 4.78 is 10.7. The largest absolute Gasteiger partial charge is 0.424 e. The van der Waals surface area contributed by atoms with Gasteiger partial charge in [-0.3, -0.25) is 4.79 Å². The Balaban J connectivity index is 1.77. The minimum atomic E-state index is -0.265. The number of hydrogen-bond donors (Lipinski definition) is 1. The number of nitrogens with zero attached hydrogens (tertiary/aromatic N) is 3. The Morgan fingerprint density at radius 2 is 2.04 bits per heavy atom. The Morgan fingerprint density at radius 3 is 2.79 bits per heavy atom. The van der Waals surface area contributed by atoms with Crippen molar-refractivity contribution in [2.75, 3.05) is 5.32 Å². The van der Waals surface area contributed by atoms with Crippen LogP contribution in [0.2, 0.25) is 0 Å². The monoisotopic (exact) mass is 324 g/mol. The van der Waals surface area contributed by atoms with Gasteiger partial charge >= 0.3 is 6.01 Å². The van der Waals surface area contributed by atoms with E-state index in [2.05, 4.69) is 20.4 Å². The van der Waals surface area contributed by atoms with Crippen molar-refractivity contribution in [3.8, 4) is 11.8 Å². The molecule has 0 unspecified atom stereocenters. The van der Waals surface area contributed by atoms with E-state index in [1.807, 2.05) is 6.92 Å². The number of nitrogens with one attached hydrogen (secondary N) is 1. The molecular weight excluding hydrogens is 308 g/mol. The van der Waals surface area contributed by atoms with Gasteiger partial charge in [0.2, 0.25) is 0 Å². The molecule has 0 atom stereocenters. The SMILES string of the molecule is CCc1noc(C)c1C(=O)Nc1cccc(Oc2ncccn2)c1. The van der Waals surface area contributed by atoms with Crippen LogP contribution in [-0.4, -0.2) is 21.0 Å². The number of ether oxygens (including phenoxy) is 1. The molecule has 7 heteroatoms. The predicted molar refractivity (Wildman–Crippen MR) is 87.1 cm³/mol. The van der Waals surface area contributed by atoms with Gasteiger partial charge in [0, 0.05) is 24.1 Å². The van der Waals surface area contributed by atoms with Crippen molar-refractivity contribution in [1.82, 2.24) is 15.1 Å². The minimum Gasteiger partial charge on any atom is -0.424 e. The van der Waals surface area contributed by atoms with Crippen molar-refractivity contribution >= 4 is 11.6 Å². The molecule has 0 aliphatic heterocycles. The van der Waals surface area contributed by atoms with Gasteiger partial charge in [0.05, 0.1) is 5.69 Å². The number of carbonyl (C=O) groups is 1. The molecule has 2 heterocycles. The topological polar surface area (TPSA) is 90.1 Å². The molecule has 0 fully saturated rings. The van der Waals surface area contributed by atoms with Gasteiger partial charge in [-0.05, 0) is 31.5 Å². The van der Waals surface area contributed by atoms with E-state index in [1.165, 1.54) is 0 Å². The third-order valence-corrected chi connectivity index (χ3v) is 3.34. The lowest BCUT2D eigenvalue weighted by Crippen LogP contribution is -2.14. The Bertz CT molecular complexity index is 846. The highest BCUT2D eigenvalue weighted by Crippen LogP contribution is 2.23. The Labute approximate surface area is 138 Å². The number of rotatable bonds is 5. The maximum Gasteiger partial charge on any atom is 0.321 e. The summed E-state index contributed by atoms with van der Waals surface area (Å²) in [6.45, 7) is 3.63. The van der Waals surface area contributed by atoms with E-state index in [-0.39, 0.29) is 11.9 Å². The molecule has 0 saturated carbocycles. The lowest BCUT2D eigenvalue weighted by molar-refractivity contribution is 0.102. The number of aromatic nitrogens is 3. The normalized spacial score (nSPS) is 10.4. The van der Waals surface area contributed by atoms with E-state index in [4.69, 9.17) is 9.26 Å². The fraction of sp³-hybridized carbons (Fsp3) is 0.176. The lowest BCUT2D eigenvalue weighted by Gasteiger charge is -2.08. The Kier molecular flexibility index (Phi) is 4.51. The van der Waals surface area contributed by atoms with Crippen LogP contribution in [0.25, 0.3) is 0 Å². The number of benzene rings is 1. The molecule has 0 saturated heterocycles. The summed E-state index contributed by atoms with van der Waals surface area (Å²) >= 11 is 0. The van der Waals surface area contributed by atoms with E-state index >= 15 is 0 Å². The molecule has 1 N–H and O–H groups in total. The molecular formula is C17H16N4O3. The fourth-order valence-corrected chi connectivity index (χ4v) is 2.22. The van der Waals surface area contributed by atoms with Crippen LogP contribution in [0.1, 0.15) is 28.7 Å². The first-order chi connectivity index (χ1) is 11.7. The van der Waals surface area contributed by atoms with E-state index in [9.17, 15) is 4.79 Å². The summed E-state index contributed by atoms with van der Waals surface area (Å²) in [6.07, 6.45) is 3.80. The van der Waals surface area contributed by atoms with Crippen molar-refractivity contribution in [3.05, 3.63) is 59.7 Å². The second-order valence-electron chi connectivity index (χ2n) is 5.03. The summed E-state index contributed by atoms with van der Waals surface area (Å²) in [4.78, 5) is 20.5. The van der Waals surface area contributed by atoms with E-state index in [0.717, 1.165) is 0 Å². The number of amides is 1. The molecule has 0 aliphatic carbocycles. The van der Waals surface area contributed by atoms with Crippen LogP contribution in [-0.2, 0) is 6.42 Å². The molecule has 0 bridgehead atoms. The van der Waals surface area contributed by atoms with Crippen LogP contribution in [0, 0.1) is 6.92 Å². The number of carbonyl (C=O) groups excluding carboxylic acids is 1. The molecule has 1 aromatic carbocycles. The summed E-state index contributed by atoms with van der Waals surface area (Å²) in [5.74, 6) is 0.755. The van der Waals surface area contributed by atoms with Gasteiger partial charge in [-0.25, -0.2) is 9.97 Å². The zero-order valence-electron chi connectivity index (χ0n) is 13.3. The van der Waals surface area contributed by atoms with Gasteiger partial charge in [-0.2, -0.15) is 0 Å². The highest BCUT2D eigenvalue weighted by Gasteiger charge is 2.19. The molecule has 2 aromatic heterocycles. The van der Waals surface area contributed by atoms with Crippen LogP contribution in [0.4, 0.5) is 5.69 Å². The molecule has 7 nitrogen and oxygen atoms in total. The van der Waals surface area contributed by atoms with Crippen LogP contribution >= 0.6 is 0 Å². The van der Waals surface area contributed by atoms with Crippen molar-refractivity contribution in [3.63, 3.8) is 0 Å². The van der Waals surface area contributed by atoms with Gasteiger partial charge in [0.1, 0.15) is 17.1 Å². The second-order valence-corrected chi connectivity index (χ2v) is 5.03. The summed E-state index contributed by atoms with van der Waals surface area (Å²) in [5.41, 5.74) is 1.70. The summed E-state index contributed by atoms with van der Waals surface area (Å²) in [5, 5.41) is 6.72. The molecule has 122 valence electrons. The van der Waals surface area contributed by atoms with E-state index in [1.54, 1.807) is 49.6 Å². The fourth-order valence-electron chi connectivity index (χ4n) is 2.22. The van der Waals surface area contributed by atoms with Gasteiger partial charge in [-0.1, -0.05) is 18.1 Å². The molecule has 1 amide bonds. The molecule has 24 heavy (non-hydrogen) atoms. The Hall–Kier alpha value is -3.22. The first-order valence-corrected chi connectivity index (χ1v) is 7.48. The van der Waals surface area contributed by atoms with Crippen LogP contribution in [0.5, 0.6) is 11.8 Å². The highest BCUT2D eigenvalue weighted by atomic mass is 16.5. The van der Waals surface area contributed by atoms with Crippen molar-refractivity contribution in [2.45, 2.75) is 20.3 Å². The molecule has 3 rings (SSSR count). The molecule has 3 aromatic rings. The average Bonchev–Trinajstić information content (AvgIpc) is 2.97. The Morgan fingerprint density at radius 1 is 1.25 bits per heavy atom. The van der Waals surface area contributed by atoms with Crippen molar-refractivity contribution in [2.24, 2.45) is 0 Å². The third kappa shape index (κ3) is 3.40. The van der Waals surface area contributed by atoms with Crippen LogP contribution in [0.3, 0.4) is 0 Å². The smallest absolute Gasteiger partial charge is 0.321 e. The van der Waals surface area contributed by atoms with Gasteiger partial charge < -0.3 is 14.6 Å². The zero-order valence-corrected chi connectivity index (χ0v) is 13.3. The maximum absolute atomic E-state index is 12.5. The zero-order chi connectivity index (χ0) is 16.9. The molecule has 0 radical (unpaired) electrons. The van der Waals surface area contributed by atoms with Crippen LogP contribution < -0.4 is 10.1 Å². The lowest BCUT2D eigenvalue weighted by atomic mass is 10.1. The summed E-state index contributed by atoms with van der Waals surface area (Å²) in [6, 6.07) is 8.94. The van der Waals surface area contributed by atoms with E-state index < -0.39 is 0 Å². The standard InChI is InChI=1S/C17H16N4O3/c1-3-14-15(11(2)24-21-14)16(22)20-12-6-4-7-13(10-12)23-17-18-8-5-9-19-17/h4-10H,3H2,1-2H3,(H,20,22). The first-order valence-electron chi connectivity index (χ1n) is 7.48. The first kappa shape index (κ1) is 15.7. The predicted octanol–water partition coefficient (Wildman–Crippen LogP) is 3.38. The van der Waals surface area contributed by atoms with E-state index in [0.29, 0.717) is 34.9 Å². The number of hydrogen-bond acceptors (Lipinski definition) is 6. The molecule has 0 aliphatic rings. The highest BCUT2D eigenvalue weighted by molar-refractivity contribution is 6.05.